The van der Waals surface area contributed by atoms with Crippen molar-refractivity contribution in [1.29, 1.82) is 0 Å². The molecule has 33 heavy (non-hydrogen) atoms. The Labute approximate surface area is 213 Å². The third kappa shape index (κ3) is 8.48. The summed E-state index contributed by atoms with van der Waals surface area (Å²) in [6, 6.07) is 13.2. The van der Waals surface area contributed by atoms with Crippen molar-refractivity contribution in [1.82, 2.24) is 0 Å². The van der Waals surface area contributed by atoms with E-state index >= 15 is 0 Å². The van der Waals surface area contributed by atoms with Crippen molar-refractivity contribution >= 4 is 42.3 Å². The highest BCUT2D eigenvalue weighted by molar-refractivity contribution is 6.93. The van der Waals surface area contributed by atoms with Gasteiger partial charge in [-0.15, -0.1) is 0 Å². The van der Waals surface area contributed by atoms with Crippen molar-refractivity contribution in [3.8, 4) is 0 Å². The van der Waals surface area contributed by atoms with Gasteiger partial charge < -0.3 is 16.5 Å². The first-order valence-corrected chi connectivity index (χ1v) is 26.1. The third-order valence-electron chi connectivity index (χ3n) is 9.10. The molecule has 0 aromatic rings. The van der Waals surface area contributed by atoms with Crippen LogP contribution in [-0.2, 0) is 16.5 Å². The maximum Gasteiger partial charge on any atom is 0.637 e. The second kappa shape index (κ2) is 15.2. The molecule has 9 heteroatoms. The van der Waals surface area contributed by atoms with E-state index in [9.17, 15) is 0 Å². The molecule has 0 aromatic carbocycles. The Morgan fingerprint density at radius 1 is 0.273 bits per heavy atom. The van der Waals surface area contributed by atoms with Crippen molar-refractivity contribution in [2.24, 2.45) is 0 Å². The molecule has 0 amide bonds. The summed E-state index contributed by atoms with van der Waals surface area (Å²) in [5.41, 5.74) is 0. The Bertz CT molecular complexity index is 392. The zero-order valence-corrected chi connectivity index (χ0v) is 29.6. The molecule has 0 heterocycles. The molecule has 0 spiro atoms. The van der Waals surface area contributed by atoms with Crippen LogP contribution in [0.4, 0.5) is 0 Å². The van der Waals surface area contributed by atoms with Gasteiger partial charge in [-0.2, -0.15) is 0 Å². The third-order valence-corrected chi connectivity index (χ3v) is 35.5. The van der Waals surface area contributed by atoms with E-state index in [1.807, 2.05) is 0 Å². The predicted molar refractivity (Wildman–Crippen MR) is 159 cm³/mol. The van der Waals surface area contributed by atoms with Crippen LogP contribution in [0, 0.1) is 0 Å². The first kappa shape index (κ1) is 33.9. The van der Waals surface area contributed by atoms with Crippen molar-refractivity contribution in [2.75, 3.05) is 0 Å². The van der Waals surface area contributed by atoms with Crippen molar-refractivity contribution in [3.05, 3.63) is 0 Å². The molecule has 0 radical (unpaired) electrons. The number of hydrogen-bond donors (Lipinski definition) is 0. The zero-order chi connectivity index (χ0) is 25.8. The lowest BCUT2D eigenvalue weighted by Gasteiger charge is -2.49. The molecule has 0 saturated heterocycles. The van der Waals surface area contributed by atoms with Gasteiger partial charge in [-0.1, -0.05) is 83.1 Å². The van der Waals surface area contributed by atoms with Crippen LogP contribution in [0.5, 0.6) is 0 Å². The van der Waals surface area contributed by atoms with Crippen molar-refractivity contribution in [3.63, 3.8) is 0 Å². The highest BCUT2D eigenvalue weighted by Crippen LogP contribution is 2.40. The summed E-state index contributed by atoms with van der Waals surface area (Å²) in [7, 11) is -11.4. The summed E-state index contributed by atoms with van der Waals surface area (Å²) >= 11 is 0. The molecule has 0 N–H and O–H groups in total. The highest BCUT2D eigenvalue weighted by Gasteiger charge is 2.61. The van der Waals surface area contributed by atoms with Crippen LogP contribution in [0.3, 0.4) is 0 Å². The molecule has 0 bridgehead atoms. The molecule has 4 nitrogen and oxygen atoms in total. The molecule has 0 fully saturated rings. The first-order chi connectivity index (χ1) is 15.6. The molecule has 0 atom stereocenters. The van der Waals surface area contributed by atoms with Crippen molar-refractivity contribution < 1.29 is 16.5 Å². The maximum atomic E-state index is 7.47. The Kier molecular flexibility index (Phi) is 15.7. The van der Waals surface area contributed by atoms with Gasteiger partial charge in [0.05, 0.1) is 0 Å². The molecule has 0 rings (SSSR count). The van der Waals surface area contributed by atoms with E-state index in [-0.39, 0.29) is 0 Å². The standard InChI is InChI=1S/C24H60O4Si5/c1-13-29(14-2,15-3)25-33(26-30(16-4,17-5)18-6,27-31(19-7,20-8)21-9)28-32(22-10,23-11)24-12/h13-24H2,1-12H3. The average Bonchev–Trinajstić information content (AvgIpc) is 2.88. The molecule has 0 saturated carbocycles. The topological polar surface area (TPSA) is 36.9 Å². The van der Waals surface area contributed by atoms with Crippen LogP contribution in [0.25, 0.3) is 0 Å². The molecular weight excluding hydrogens is 493 g/mol. The van der Waals surface area contributed by atoms with Gasteiger partial charge in [0.15, 0.2) is 33.3 Å². The minimum Gasteiger partial charge on any atom is -0.395 e. The maximum absolute atomic E-state index is 7.47. The molecule has 0 aliphatic carbocycles. The molecule has 200 valence electrons. The monoisotopic (exact) mass is 552 g/mol. The summed E-state index contributed by atoms with van der Waals surface area (Å²) in [4.78, 5) is 0. The smallest absolute Gasteiger partial charge is 0.395 e. The van der Waals surface area contributed by atoms with Crippen LogP contribution in [-0.4, -0.2) is 42.3 Å². The zero-order valence-electron chi connectivity index (χ0n) is 24.6. The summed E-state index contributed by atoms with van der Waals surface area (Å²) < 4.78 is 29.9. The fourth-order valence-corrected chi connectivity index (χ4v) is 29.7. The van der Waals surface area contributed by atoms with E-state index in [1.165, 1.54) is 0 Å². The van der Waals surface area contributed by atoms with Crippen LogP contribution in [0.2, 0.25) is 72.5 Å². The summed E-state index contributed by atoms with van der Waals surface area (Å²) in [5.74, 6) is 0. The lowest BCUT2D eigenvalue weighted by Crippen LogP contribution is -2.69. The fraction of sp³-hybridized carbons (Fsp3) is 1.00. The SMILES string of the molecule is CC[Si](CC)(CC)O[Si](O[Si](CC)(CC)CC)(O[Si](CC)(CC)CC)O[Si](CC)(CC)CC. The minimum atomic E-state index is -3.34. The van der Waals surface area contributed by atoms with Gasteiger partial charge in [0, 0.05) is 0 Å². The quantitative estimate of drug-likeness (QED) is 0.141. The lowest BCUT2D eigenvalue weighted by molar-refractivity contribution is 0.138. The van der Waals surface area contributed by atoms with Crippen LogP contribution in [0.1, 0.15) is 83.1 Å². The minimum absolute atomic E-state index is 1.10. The fourth-order valence-electron chi connectivity index (χ4n) is 5.05. The van der Waals surface area contributed by atoms with E-state index in [0.29, 0.717) is 0 Å². The Hall–Kier alpha value is 0.924. The molecule has 0 aromatic heterocycles. The van der Waals surface area contributed by atoms with Gasteiger partial charge in [-0.3, -0.25) is 0 Å². The van der Waals surface area contributed by atoms with E-state index in [2.05, 4.69) is 83.1 Å². The van der Waals surface area contributed by atoms with Gasteiger partial charge in [-0.05, 0) is 72.5 Å². The Balaban J connectivity index is 7.10. The second-order valence-corrected chi connectivity index (χ2v) is 32.1. The van der Waals surface area contributed by atoms with Crippen molar-refractivity contribution in [2.45, 2.75) is 156 Å². The van der Waals surface area contributed by atoms with Gasteiger partial charge in [0.2, 0.25) is 0 Å². The molecule has 0 unspecified atom stereocenters. The summed E-state index contributed by atoms with van der Waals surface area (Å²) in [6.07, 6.45) is 0. The number of rotatable bonds is 20. The average molecular weight is 553 g/mol. The number of hydrogen-bond acceptors (Lipinski definition) is 4. The summed E-state index contributed by atoms with van der Waals surface area (Å²) in [6.45, 7) is 27.8. The molecule has 0 aliphatic heterocycles. The van der Waals surface area contributed by atoms with E-state index in [0.717, 1.165) is 72.5 Å². The van der Waals surface area contributed by atoms with Crippen LogP contribution < -0.4 is 0 Å². The highest BCUT2D eigenvalue weighted by atomic mass is 28.5. The lowest BCUT2D eigenvalue weighted by atomic mass is 10.9. The second-order valence-electron chi connectivity index (χ2n) is 9.88. The first-order valence-electron chi connectivity index (χ1n) is 14.4. The van der Waals surface area contributed by atoms with E-state index in [4.69, 9.17) is 16.5 Å². The van der Waals surface area contributed by atoms with Gasteiger partial charge in [0.25, 0.3) is 0 Å². The normalized spacial score (nSPS) is 14.2. The van der Waals surface area contributed by atoms with Crippen LogP contribution in [0.15, 0.2) is 0 Å². The Morgan fingerprint density at radius 3 is 0.485 bits per heavy atom. The predicted octanol–water partition coefficient (Wildman–Crippen LogP) is 9.51. The van der Waals surface area contributed by atoms with Crippen LogP contribution >= 0.6 is 0 Å². The van der Waals surface area contributed by atoms with E-state index < -0.39 is 42.3 Å². The van der Waals surface area contributed by atoms with E-state index in [1.54, 1.807) is 0 Å². The van der Waals surface area contributed by atoms with Gasteiger partial charge in [-0.25, -0.2) is 0 Å². The molecule has 0 aliphatic rings. The Morgan fingerprint density at radius 2 is 0.394 bits per heavy atom. The van der Waals surface area contributed by atoms with Gasteiger partial charge in [0.1, 0.15) is 0 Å². The molecular formula is C24H60O4Si5. The largest absolute Gasteiger partial charge is 0.637 e. The summed E-state index contributed by atoms with van der Waals surface area (Å²) in [5, 5.41) is 0. The van der Waals surface area contributed by atoms with Gasteiger partial charge >= 0.3 is 9.05 Å².